The number of ether oxygens (including phenoxy) is 1. The van der Waals surface area contributed by atoms with Crippen molar-refractivity contribution in [3.05, 3.63) is 59.5 Å². The van der Waals surface area contributed by atoms with Crippen molar-refractivity contribution in [1.82, 2.24) is 20.0 Å². The Bertz CT molecular complexity index is 912. The van der Waals surface area contributed by atoms with Gasteiger partial charge < -0.3 is 10.1 Å². The van der Waals surface area contributed by atoms with Crippen LogP contribution in [0.2, 0.25) is 5.15 Å². The van der Waals surface area contributed by atoms with Gasteiger partial charge in [0.05, 0.1) is 18.5 Å². The summed E-state index contributed by atoms with van der Waals surface area (Å²) in [5.41, 5.74) is 3.09. The number of halogens is 1. The second-order valence-corrected chi connectivity index (χ2v) is 6.08. The second-order valence-electron chi connectivity index (χ2n) is 5.72. The van der Waals surface area contributed by atoms with E-state index >= 15 is 0 Å². The molecule has 1 amide bonds. The van der Waals surface area contributed by atoms with Gasteiger partial charge in [-0.05, 0) is 30.7 Å². The van der Waals surface area contributed by atoms with E-state index in [4.69, 9.17) is 16.3 Å². The number of carbonyl (C=O) groups is 1. The number of anilines is 1. The van der Waals surface area contributed by atoms with Gasteiger partial charge in [0.1, 0.15) is 11.7 Å². The van der Waals surface area contributed by atoms with Crippen molar-refractivity contribution in [2.75, 3.05) is 12.4 Å². The average Bonchev–Trinajstić information content (AvgIpc) is 3.13. The van der Waals surface area contributed by atoms with Crippen LogP contribution in [0.15, 0.2) is 48.8 Å². The third-order valence-corrected chi connectivity index (χ3v) is 4.14. The minimum Gasteiger partial charge on any atom is -0.380 e. The van der Waals surface area contributed by atoms with Gasteiger partial charge in [-0.15, -0.1) is 5.10 Å². The molecule has 2 heterocycles. The molecular weight excluding hydrogens is 354 g/mol. The van der Waals surface area contributed by atoms with E-state index in [9.17, 15) is 4.79 Å². The van der Waals surface area contributed by atoms with Gasteiger partial charge >= 0.3 is 0 Å². The molecule has 1 atom stereocenters. The Labute approximate surface area is 156 Å². The molecule has 134 valence electrons. The van der Waals surface area contributed by atoms with E-state index in [0.717, 1.165) is 11.1 Å². The Morgan fingerprint density at radius 2 is 2.19 bits per heavy atom. The topological polar surface area (TPSA) is 81.9 Å². The first-order valence-electron chi connectivity index (χ1n) is 8.00. The minimum absolute atomic E-state index is 0.238. The maximum Gasteiger partial charge on any atom is 0.249 e. The summed E-state index contributed by atoms with van der Waals surface area (Å²) >= 11 is 5.97. The summed E-state index contributed by atoms with van der Waals surface area (Å²) in [6, 6.07) is 10.7. The van der Waals surface area contributed by atoms with Gasteiger partial charge in [0.15, 0.2) is 5.15 Å². The maximum atomic E-state index is 12.4. The molecular formula is C18H18ClN5O2. The van der Waals surface area contributed by atoms with Crippen molar-refractivity contribution in [3.63, 3.8) is 0 Å². The van der Waals surface area contributed by atoms with Crippen LogP contribution in [-0.4, -0.2) is 33.0 Å². The zero-order chi connectivity index (χ0) is 18.5. The van der Waals surface area contributed by atoms with Crippen LogP contribution in [0.1, 0.15) is 18.5 Å². The van der Waals surface area contributed by atoms with Gasteiger partial charge in [-0.25, -0.2) is 9.67 Å². The van der Waals surface area contributed by atoms with Crippen molar-refractivity contribution >= 4 is 23.2 Å². The number of methoxy groups -OCH3 is 1. The van der Waals surface area contributed by atoms with Crippen LogP contribution >= 0.6 is 11.6 Å². The molecule has 0 spiro atoms. The Morgan fingerprint density at radius 1 is 1.35 bits per heavy atom. The van der Waals surface area contributed by atoms with Crippen LogP contribution in [0.5, 0.6) is 0 Å². The highest BCUT2D eigenvalue weighted by Gasteiger charge is 2.18. The molecule has 0 aliphatic heterocycles. The summed E-state index contributed by atoms with van der Waals surface area (Å²) in [7, 11) is 1.65. The number of benzene rings is 1. The average molecular weight is 372 g/mol. The van der Waals surface area contributed by atoms with E-state index in [1.165, 1.54) is 4.68 Å². The number of nitrogens with one attached hydrogen (secondary N) is 1. The van der Waals surface area contributed by atoms with Crippen molar-refractivity contribution < 1.29 is 9.53 Å². The molecule has 8 heteroatoms. The molecule has 26 heavy (non-hydrogen) atoms. The molecule has 1 unspecified atom stereocenters. The summed E-state index contributed by atoms with van der Waals surface area (Å²) in [6.45, 7) is 2.26. The molecule has 0 saturated heterocycles. The minimum atomic E-state index is -0.560. The number of pyridine rings is 1. The normalized spacial score (nSPS) is 12.0. The third-order valence-electron chi connectivity index (χ3n) is 3.84. The SMILES string of the molecule is COCc1cccc(-c2cn(C(C)C(=O)Nc3cccnc3Cl)nn2)c1. The number of nitrogens with zero attached hydrogens (tertiary/aromatic N) is 4. The molecule has 3 aromatic rings. The summed E-state index contributed by atoms with van der Waals surface area (Å²) in [6.07, 6.45) is 3.30. The molecule has 1 aromatic carbocycles. The van der Waals surface area contributed by atoms with Gasteiger partial charge in [0.2, 0.25) is 5.91 Å². The zero-order valence-corrected chi connectivity index (χ0v) is 15.1. The van der Waals surface area contributed by atoms with Crippen molar-refractivity contribution in [2.24, 2.45) is 0 Å². The van der Waals surface area contributed by atoms with Crippen molar-refractivity contribution in [2.45, 2.75) is 19.6 Å². The van der Waals surface area contributed by atoms with Crippen LogP contribution in [0.25, 0.3) is 11.3 Å². The van der Waals surface area contributed by atoms with Gasteiger partial charge in [-0.2, -0.15) is 0 Å². The van der Waals surface area contributed by atoms with Crippen LogP contribution in [0, 0.1) is 0 Å². The van der Waals surface area contributed by atoms with Gasteiger partial charge in [-0.3, -0.25) is 4.79 Å². The van der Waals surface area contributed by atoms with E-state index in [0.29, 0.717) is 18.0 Å². The lowest BCUT2D eigenvalue weighted by molar-refractivity contribution is -0.119. The number of carbonyl (C=O) groups excluding carboxylic acids is 1. The second kappa shape index (κ2) is 8.07. The summed E-state index contributed by atoms with van der Waals surface area (Å²) < 4.78 is 6.66. The van der Waals surface area contributed by atoms with Crippen molar-refractivity contribution in [3.8, 4) is 11.3 Å². The fraction of sp³-hybridized carbons (Fsp3) is 0.222. The number of hydrogen-bond donors (Lipinski definition) is 1. The van der Waals surface area contributed by atoms with Crippen LogP contribution in [-0.2, 0) is 16.1 Å². The quantitative estimate of drug-likeness (QED) is 0.672. The van der Waals surface area contributed by atoms with E-state index in [-0.39, 0.29) is 11.1 Å². The highest BCUT2D eigenvalue weighted by Crippen LogP contribution is 2.21. The summed E-state index contributed by atoms with van der Waals surface area (Å²) in [5, 5.41) is 11.2. The van der Waals surface area contributed by atoms with E-state index in [1.54, 1.807) is 38.6 Å². The smallest absolute Gasteiger partial charge is 0.249 e. The largest absolute Gasteiger partial charge is 0.380 e. The van der Waals surface area contributed by atoms with E-state index < -0.39 is 6.04 Å². The highest BCUT2D eigenvalue weighted by molar-refractivity contribution is 6.32. The number of hydrogen-bond acceptors (Lipinski definition) is 5. The first kappa shape index (κ1) is 18.0. The lowest BCUT2D eigenvalue weighted by Crippen LogP contribution is -2.24. The molecule has 0 aliphatic rings. The summed E-state index contributed by atoms with van der Waals surface area (Å²) in [5.74, 6) is -0.260. The van der Waals surface area contributed by atoms with Crippen LogP contribution in [0.4, 0.5) is 5.69 Å². The maximum absolute atomic E-state index is 12.4. The predicted molar refractivity (Wildman–Crippen MR) is 98.8 cm³/mol. The first-order chi connectivity index (χ1) is 12.6. The van der Waals surface area contributed by atoms with Crippen molar-refractivity contribution in [1.29, 1.82) is 0 Å². The van der Waals surface area contributed by atoms with Gasteiger partial charge in [0, 0.05) is 18.9 Å². The zero-order valence-electron chi connectivity index (χ0n) is 14.4. The molecule has 0 radical (unpaired) electrons. The Kier molecular flexibility index (Phi) is 5.60. The lowest BCUT2D eigenvalue weighted by atomic mass is 10.1. The Hall–Kier alpha value is -2.77. The third kappa shape index (κ3) is 4.07. The molecule has 0 bridgehead atoms. The monoisotopic (exact) mass is 371 g/mol. The highest BCUT2D eigenvalue weighted by atomic mass is 35.5. The molecule has 0 saturated carbocycles. The number of amides is 1. The molecule has 0 fully saturated rings. The number of aromatic nitrogens is 4. The van der Waals surface area contributed by atoms with Gasteiger partial charge in [0.25, 0.3) is 0 Å². The molecule has 2 aromatic heterocycles. The summed E-state index contributed by atoms with van der Waals surface area (Å²) in [4.78, 5) is 16.4. The Morgan fingerprint density at radius 3 is 2.96 bits per heavy atom. The van der Waals surface area contributed by atoms with E-state index in [2.05, 4.69) is 20.6 Å². The molecule has 1 N–H and O–H groups in total. The van der Waals surface area contributed by atoms with Gasteiger partial charge in [-0.1, -0.05) is 35.0 Å². The Balaban J connectivity index is 1.75. The number of rotatable bonds is 6. The molecule has 7 nitrogen and oxygen atoms in total. The predicted octanol–water partition coefficient (Wildman–Crippen LogP) is 3.34. The first-order valence-corrected chi connectivity index (χ1v) is 8.37. The molecule has 0 aliphatic carbocycles. The fourth-order valence-electron chi connectivity index (χ4n) is 2.42. The fourth-order valence-corrected chi connectivity index (χ4v) is 2.59. The van der Waals surface area contributed by atoms with Crippen LogP contribution < -0.4 is 5.32 Å². The lowest BCUT2D eigenvalue weighted by Gasteiger charge is -2.12. The molecule has 3 rings (SSSR count). The standard InChI is InChI=1S/C18H18ClN5O2/c1-12(18(25)21-15-7-4-8-20-17(15)19)24-10-16(22-23-24)14-6-3-5-13(9-14)11-26-2/h3-10,12H,11H2,1-2H3,(H,21,25). The van der Waals surface area contributed by atoms with Crippen LogP contribution in [0.3, 0.4) is 0 Å². The van der Waals surface area contributed by atoms with E-state index in [1.807, 2.05) is 24.3 Å².